The molecule has 0 aliphatic carbocycles. The van der Waals surface area contributed by atoms with Crippen molar-refractivity contribution in [2.75, 3.05) is 19.2 Å². The minimum Gasteiger partial charge on any atom is -0.493 e. The molecule has 0 radical (unpaired) electrons. The fourth-order valence-electron chi connectivity index (χ4n) is 2.54. The highest BCUT2D eigenvalue weighted by molar-refractivity contribution is 9.10. The van der Waals surface area contributed by atoms with Gasteiger partial charge in [-0.15, -0.1) is 0 Å². The van der Waals surface area contributed by atoms with Crippen LogP contribution < -0.4 is 19.9 Å². The molecule has 0 saturated carbocycles. The van der Waals surface area contributed by atoms with E-state index in [9.17, 15) is 9.59 Å². The smallest absolute Gasteiger partial charge is 0.282 e. The molecule has 0 aromatic heterocycles. The van der Waals surface area contributed by atoms with Gasteiger partial charge in [-0.3, -0.25) is 15.0 Å². The summed E-state index contributed by atoms with van der Waals surface area (Å²) in [6.07, 6.45) is 1.49. The van der Waals surface area contributed by atoms with Crippen molar-refractivity contribution >= 4 is 39.5 Å². The lowest BCUT2D eigenvalue weighted by atomic mass is 10.1. The Labute approximate surface area is 153 Å². The van der Waals surface area contributed by atoms with E-state index in [1.54, 1.807) is 36.4 Å². The molecule has 2 aromatic carbocycles. The molecule has 0 spiro atoms. The lowest BCUT2D eigenvalue weighted by Crippen LogP contribution is -2.35. The maximum Gasteiger partial charge on any atom is 0.282 e. The molecule has 1 fully saturated rings. The fraction of sp³-hybridized carbons (Fsp3) is 0.111. The van der Waals surface area contributed by atoms with Crippen LogP contribution in [0.3, 0.4) is 0 Å². The van der Waals surface area contributed by atoms with Crippen LogP contribution in [0.2, 0.25) is 0 Å². The van der Waals surface area contributed by atoms with Gasteiger partial charge in [0, 0.05) is 10.0 Å². The fourth-order valence-corrected chi connectivity index (χ4v) is 2.99. The minimum absolute atomic E-state index is 0.0160. The van der Waals surface area contributed by atoms with Gasteiger partial charge in [0.15, 0.2) is 11.5 Å². The van der Waals surface area contributed by atoms with Crippen LogP contribution in [0.15, 0.2) is 52.5 Å². The summed E-state index contributed by atoms with van der Waals surface area (Å²) in [5.74, 6) is 0.0264. The van der Waals surface area contributed by atoms with E-state index in [0.29, 0.717) is 22.7 Å². The molecule has 7 heteroatoms. The number of nitrogens with one attached hydrogen (secondary N) is 1. The van der Waals surface area contributed by atoms with Crippen molar-refractivity contribution in [1.82, 2.24) is 5.43 Å². The second-order valence-electron chi connectivity index (χ2n) is 5.21. The maximum atomic E-state index is 12.7. The number of carbonyl (C=O) groups is 2. The van der Waals surface area contributed by atoms with Crippen molar-refractivity contribution < 1.29 is 19.1 Å². The van der Waals surface area contributed by atoms with Crippen LogP contribution in [0.5, 0.6) is 11.5 Å². The van der Waals surface area contributed by atoms with Crippen LogP contribution in [0.4, 0.5) is 5.69 Å². The largest absolute Gasteiger partial charge is 0.493 e. The monoisotopic (exact) mass is 402 g/mol. The summed E-state index contributed by atoms with van der Waals surface area (Å²) >= 11 is 3.38. The third-order valence-electron chi connectivity index (χ3n) is 3.68. The molecule has 128 valence electrons. The van der Waals surface area contributed by atoms with Crippen molar-refractivity contribution in [3.8, 4) is 11.5 Å². The Hall–Kier alpha value is -2.80. The number of rotatable bonds is 4. The summed E-state index contributed by atoms with van der Waals surface area (Å²) in [7, 11) is 3.02. The molecular formula is C18H15BrN2O4. The van der Waals surface area contributed by atoms with Gasteiger partial charge in [0.1, 0.15) is 5.57 Å². The second-order valence-corrected chi connectivity index (χ2v) is 6.12. The van der Waals surface area contributed by atoms with Gasteiger partial charge in [0.2, 0.25) is 0 Å². The van der Waals surface area contributed by atoms with E-state index < -0.39 is 11.8 Å². The van der Waals surface area contributed by atoms with Gasteiger partial charge in [-0.2, -0.15) is 0 Å². The highest BCUT2D eigenvalue weighted by Crippen LogP contribution is 2.36. The Morgan fingerprint density at radius 2 is 1.80 bits per heavy atom. The Bertz CT molecular complexity index is 865. The third kappa shape index (κ3) is 3.23. The molecule has 1 heterocycles. The zero-order chi connectivity index (χ0) is 18.0. The summed E-state index contributed by atoms with van der Waals surface area (Å²) in [6.45, 7) is 0. The van der Waals surface area contributed by atoms with Crippen molar-refractivity contribution in [1.29, 1.82) is 0 Å². The quantitative estimate of drug-likeness (QED) is 0.630. The van der Waals surface area contributed by atoms with Crippen LogP contribution in [-0.4, -0.2) is 26.0 Å². The SMILES string of the molecule is COc1cc(Br)cc(/C=C2/C(=O)NN(c3ccccc3)C2=O)c1OC. The summed E-state index contributed by atoms with van der Waals surface area (Å²) in [4.78, 5) is 24.9. The minimum atomic E-state index is -0.477. The molecule has 1 aliphatic heterocycles. The molecule has 2 amide bonds. The van der Waals surface area contributed by atoms with E-state index in [1.807, 2.05) is 6.07 Å². The number of hydrogen-bond acceptors (Lipinski definition) is 4. The van der Waals surface area contributed by atoms with Gasteiger partial charge in [-0.1, -0.05) is 34.1 Å². The zero-order valence-corrected chi connectivity index (χ0v) is 15.2. The van der Waals surface area contributed by atoms with Gasteiger partial charge in [0.05, 0.1) is 19.9 Å². The Morgan fingerprint density at radius 3 is 2.44 bits per heavy atom. The summed E-state index contributed by atoms with van der Waals surface area (Å²) in [5.41, 5.74) is 3.72. The van der Waals surface area contributed by atoms with Gasteiger partial charge in [-0.25, -0.2) is 5.01 Å². The number of para-hydroxylation sites is 1. The standard InChI is InChI=1S/C18H15BrN2O4/c1-24-15-10-12(19)8-11(16(15)25-2)9-14-17(22)20-21(18(14)23)13-6-4-3-5-7-13/h3-10H,1-2H3,(H,20,22)/b14-9-. The van der Waals surface area contributed by atoms with Gasteiger partial charge in [-0.05, 0) is 30.3 Å². The lowest BCUT2D eigenvalue weighted by Gasteiger charge is -2.14. The molecule has 1 N–H and O–H groups in total. The summed E-state index contributed by atoms with van der Waals surface area (Å²) in [5, 5.41) is 1.22. The van der Waals surface area contributed by atoms with E-state index >= 15 is 0 Å². The first-order valence-electron chi connectivity index (χ1n) is 7.39. The first kappa shape index (κ1) is 17.0. The van der Waals surface area contributed by atoms with Crippen molar-refractivity contribution in [3.63, 3.8) is 0 Å². The van der Waals surface area contributed by atoms with Crippen LogP contribution in [0.25, 0.3) is 6.08 Å². The van der Waals surface area contributed by atoms with Gasteiger partial charge in [0.25, 0.3) is 11.8 Å². The Balaban J connectivity index is 2.03. The lowest BCUT2D eigenvalue weighted by molar-refractivity contribution is -0.117. The highest BCUT2D eigenvalue weighted by atomic mass is 79.9. The van der Waals surface area contributed by atoms with Crippen molar-refractivity contribution in [3.05, 3.63) is 58.1 Å². The molecule has 25 heavy (non-hydrogen) atoms. The number of benzene rings is 2. The van der Waals surface area contributed by atoms with Crippen LogP contribution in [0.1, 0.15) is 5.56 Å². The molecule has 3 rings (SSSR count). The molecule has 1 saturated heterocycles. The summed E-state index contributed by atoms with van der Waals surface area (Å²) < 4.78 is 11.4. The number of hydrogen-bond donors (Lipinski definition) is 1. The average Bonchev–Trinajstić information content (AvgIpc) is 2.90. The summed E-state index contributed by atoms with van der Waals surface area (Å²) in [6, 6.07) is 12.4. The molecule has 1 aliphatic rings. The number of anilines is 1. The maximum absolute atomic E-state index is 12.7. The van der Waals surface area contributed by atoms with Crippen LogP contribution in [-0.2, 0) is 9.59 Å². The topological polar surface area (TPSA) is 67.9 Å². The number of ether oxygens (including phenoxy) is 2. The molecule has 0 unspecified atom stereocenters. The van der Waals surface area contributed by atoms with Crippen molar-refractivity contribution in [2.24, 2.45) is 0 Å². The van der Waals surface area contributed by atoms with E-state index in [-0.39, 0.29) is 5.57 Å². The predicted octanol–water partition coefficient (Wildman–Crippen LogP) is 2.93. The van der Waals surface area contributed by atoms with E-state index in [0.717, 1.165) is 4.47 Å². The van der Waals surface area contributed by atoms with Gasteiger partial charge >= 0.3 is 0 Å². The normalized spacial score (nSPS) is 15.5. The molecular weight excluding hydrogens is 388 g/mol. The number of halogens is 1. The average molecular weight is 403 g/mol. The number of hydrazine groups is 1. The molecule has 6 nitrogen and oxygen atoms in total. The zero-order valence-electron chi connectivity index (χ0n) is 13.6. The second kappa shape index (κ2) is 6.98. The highest BCUT2D eigenvalue weighted by Gasteiger charge is 2.34. The Kier molecular flexibility index (Phi) is 4.76. The number of methoxy groups -OCH3 is 2. The van der Waals surface area contributed by atoms with E-state index in [2.05, 4.69) is 21.4 Å². The van der Waals surface area contributed by atoms with Gasteiger partial charge < -0.3 is 9.47 Å². The Morgan fingerprint density at radius 1 is 1.08 bits per heavy atom. The number of carbonyl (C=O) groups excluding carboxylic acids is 2. The third-order valence-corrected chi connectivity index (χ3v) is 4.14. The molecule has 0 atom stereocenters. The van der Waals surface area contributed by atoms with E-state index in [1.165, 1.54) is 25.3 Å². The first-order chi connectivity index (χ1) is 12.0. The van der Waals surface area contributed by atoms with E-state index in [4.69, 9.17) is 9.47 Å². The predicted molar refractivity (Wildman–Crippen MR) is 97.3 cm³/mol. The van der Waals surface area contributed by atoms with Crippen LogP contribution >= 0.6 is 15.9 Å². The number of amides is 2. The molecule has 0 bridgehead atoms. The first-order valence-corrected chi connectivity index (χ1v) is 8.18. The van der Waals surface area contributed by atoms with Crippen molar-refractivity contribution in [2.45, 2.75) is 0 Å². The number of nitrogens with zero attached hydrogens (tertiary/aromatic N) is 1. The van der Waals surface area contributed by atoms with Crippen LogP contribution in [0, 0.1) is 0 Å². The molecule has 2 aromatic rings.